The molecule has 3 rings (SSSR count). The zero-order valence-electron chi connectivity index (χ0n) is 12.4. The van der Waals surface area contributed by atoms with Crippen LogP contribution in [0.5, 0.6) is 0 Å². The minimum absolute atomic E-state index is 0.0349. The number of rotatable bonds is 3. The number of amides is 1. The standard InChI is InChI=1S/C15H18F2N2O3S/c16-10-5-3-7-13(14(10)17)23(21,22)19-11-6-2-1-4-9(11)8-12(19)15(18)20/h3,5,7,9,11-12H,1-2,4,6,8H2,(H2,18,20)/t9-,11-,12+/m1/s1. The van der Waals surface area contributed by atoms with Crippen molar-refractivity contribution in [1.29, 1.82) is 0 Å². The Balaban J connectivity index is 2.08. The summed E-state index contributed by atoms with van der Waals surface area (Å²) in [7, 11) is -4.34. The smallest absolute Gasteiger partial charge is 0.247 e. The summed E-state index contributed by atoms with van der Waals surface area (Å²) in [6.07, 6.45) is 3.56. The van der Waals surface area contributed by atoms with Crippen LogP contribution in [0.3, 0.4) is 0 Å². The van der Waals surface area contributed by atoms with Gasteiger partial charge in [-0.25, -0.2) is 17.2 Å². The lowest BCUT2D eigenvalue weighted by Gasteiger charge is -2.32. The number of hydrogen-bond donors (Lipinski definition) is 1. The van der Waals surface area contributed by atoms with Gasteiger partial charge in [-0.2, -0.15) is 4.31 Å². The van der Waals surface area contributed by atoms with Crippen LogP contribution in [0.15, 0.2) is 23.1 Å². The number of nitrogens with zero attached hydrogens (tertiary/aromatic N) is 1. The van der Waals surface area contributed by atoms with Gasteiger partial charge in [0.15, 0.2) is 11.6 Å². The summed E-state index contributed by atoms with van der Waals surface area (Å²) < 4.78 is 54.2. The van der Waals surface area contributed by atoms with Crippen LogP contribution in [0.4, 0.5) is 8.78 Å². The molecule has 0 bridgehead atoms. The van der Waals surface area contributed by atoms with Gasteiger partial charge in [0.1, 0.15) is 10.9 Å². The molecule has 0 spiro atoms. The van der Waals surface area contributed by atoms with Crippen molar-refractivity contribution in [2.45, 2.75) is 49.1 Å². The minimum atomic E-state index is -4.34. The Morgan fingerprint density at radius 2 is 1.91 bits per heavy atom. The number of carbonyl (C=O) groups is 1. The Morgan fingerprint density at radius 3 is 2.61 bits per heavy atom. The molecule has 2 fully saturated rings. The second-order valence-electron chi connectivity index (χ2n) is 6.15. The normalized spacial score (nSPS) is 28.5. The van der Waals surface area contributed by atoms with E-state index in [1.807, 2.05) is 0 Å². The van der Waals surface area contributed by atoms with Crippen LogP contribution in [0.2, 0.25) is 0 Å². The molecule has 3 atom stereocenters. The van der Waals surface area contributed by atoms with Crippen LogP contribution in [0, 0.1) is 17.6 Å². The molecule has 23 heavy (non-hydrogen) atoms. The molecule has 2 aliphatic rings. The number of hydrogen-bond acceptors (Lipinski definition) is 3. The van der Waals surface area contributed by atoms with Crippen LogP contribution >= 0.6 is 0 Å². The fourth-order valence-corrected chi connectivity index (χ4v) is 5.76. The summed E-state index contributed by atoms with van der Waals surface area (Å²) in [5.41, 5.74) is 5.37. The Hall–Kier alpha value is -1.54. The van der Waals surface area contributed by atoms with E-state index in [-0.39, 0.29) is 12.0 Å². The van der Waals surface area contributed by atoms with Crippen LogP contribution in [0.25, 0.3) is 0 Å². The molecule has 1 aliphatic carbocycles. The van der Waals surface area contributed by atoms with Gasteiger partial charge in [-0.05, 0) is 37.3 Å². The molecule has 1 aliphatic heterocycles. The number of primary amides is 1. The van der Waals surface area contributed by atoms with Crippen molar-refractivity contribution < 1.29 is 22.0 Å². The maximum Gasteiger partial charge on any atom is 0.247 e. The lowest BCUT2D eigenvalue weighted by Crippen LogP contribution is -2.48. The zero-order chi connectivity index (χ0) is 16.8. The molecule has 1 amide bonds. The molecule has 1 heterocycles. The number of sulfonamides is 1. The summed E-state index contributed by atoms with van der Waals surface area (Å²) in [6, 6.07) is 1.62. The van der Waals surface area contributed by atoms with E-state index >= 15 is 0 Å². The molecule has 2 N–H and O–H groups in total. The summed E-state index contributed by atoms with van der Waals surface area (Å²) in [5.74, 6) is -3.37. The van der Waals surface area contributed by atoms with Crippen molar-refractivity contribution in [3.05, 3.63) is 29.8 Å². The highest BCUT2D eigenvalue weighted by Crippen LogP contribution is 2.42. The summed E-state index contributed by atoms with van der Waals surface area (Å²) in [6.45, 7) is 0. The lowest BCUT2D eigenvalue weighted by molar-refractivity contribution is -0.121. The minimum Gasteiger partial charge on any atom is -0.368 e. The van der Waals surface area contributed by atoms with Gasteiger partial charge in [-0.1, -0.05) is 18.9 Å². The molecule has 0 radical (unpaired) electrons. The molecule has 126 valence electrons. The van der Waals surface area contributed by atoms with Gasteiger partial charge in [-0.15, -0.1) is 0 Å². The van der Waals surface area contributed by atoms with Crippen molar-refractivity contribution in [1.82, 2.24) is 4.31 Å². The fourth-order valence-electron chi connectivity index (χ4n) is 3.80. The highest BCUT2D eigenvalue weighted by Gasteiger charge is 2.51. The average molecular weight is 344 g/mol. The van der Waals surface area contributed by atoms with E-state index in [0.29, 0.717) is 12.8 Å². The van der Waals surface area contributed by atoms with Gasteiger partial charge in [0.2, 0.25) is 15.9 Å². The van der Waals surface area contributed by atoms with E-state index in [1.54, 1.807) is 0 Å². The van der Waals surface area contributed by atoms with Gasteiger partial charge in [0.05, 0.1) is 0 Å². The van der Waals surface area contributed by atoms with Crippen LogP contribution in [-0.4, -0.2) is 30.7 Å². The van der Waals surface area contributed by atoms with E-state index in [0.717, 1.165) is 41.8 Å². The largest absolute Gasteiger partial charge is 0.368 e. The van der Waals surface area contributed by atoms with Gasteiger partial charge in [-0.3, -0.25) is 4.79 Å². The third-order valence-corrected chi connectivity index (χ3v) is 6.78. The molecule has 1 aromatic carbocycles. The number of nitrogens with two attached hydrogens (primary N) is 1. The van der Waals surface area contributed by atoms with E-state index in [1.165, 1.54) is 0 Å². The van der Waals surface area contributed by atoms with Crippen molar-refractivity contribution >= 4 is 15.9 Å². The Morgan fingerprint density at radius 1 is 1.22 bits per heavy atom. The summed E-state index contributed by atoms with van der Waals surface area (Å²) in [5, 5.41) is 0. The first-order valence-corrected chi connectivity index (χ1v) is 9.05. The first kappa shape index (κ1) is 16.3. The summed E-state index contributed by atoms with van der Waals surface area (Å²) >= 11 is 0. The fraction of sp³-hybridized carbons (Fsp3) is 0.533. The van der Waals surface area contributed by atoms with Crippen LogP contribution < -0.4 is 5.73 Å². The second kappa shape index (κ2) is 5.83. The molecule has 5 nitrogen and oxygen atoms in total. The van der Waals surface area contributed by atoms with Crippen molar-refractivity contribution in [2.75, 3.05) is 0 Å². The van der Waals surface area contributed by atoms with Crippen LogP contribution in [-0.2, 0) is 14.8 Å². The van der Waals surface area contributed by atoms with Crippen molar-refractivity contribution in [3.8, 4) is 0 Å². The first-order chi connectivity index (χ1) is 10.8. The number of carbonyl (C=O) groups excluding carboxylic acids is 1. The van der Waals surface area contributed by atoms with Gasteiger partial charge < -0.3 is 5.73 Å². The monoisotopic (exact) mass is 344 g/mol. The van der Waals surface area contributed by atoms with Gasteiger partial charge in [0.25, 0.3) is 0 Å². The van der Waals surface area contributed by atoms with Crippen molar-refractivity contribution in [3.63, 3.8) is 0 Å². The zero-order valence-corrected chi connectivity index (χ0v) is 13.2. The number of fused-ring (bicyclic) bond motifs is 1. The Labute approximate surface area is 133 Å². The predicted octanol–water partition coefficient (Wildman–Crippen LogP) is 1.77. The van der Waals surface area contributed by atoms with E-state index in [4.69, 9.17) is 5.73 Å². The molecule has 0 unspecified atom stereocenters. The SMILES string of the molecule is NC(=O)[C@@H]1C[C@H]2CCCC[C@H]2N1S(=O)(=O)c1cccc(F)c1F. The predicted molar refractivity (Wildman–Crippen MR) is 78.7 cm³/mol. The third-order valence-electron chi connectivity index (χ3n) is 4.83. The Kier molecular flexibility index (Phi) is 4.14. The quantitative estimate of drug-likeness (QED) is 0.907. The first-order valence-electron chi connectivity index (χ1n) is 7.61. The van der Waals surface area contributed by atoms with Crippen LogP contribution in [0.1, 0.15) is 32.1 Å². The second-order valence-corrected chi connectivity index (χ2v) is 7.96. The maximum absolute atomic E-state index is 14.0. The Bertz CT molecular complexity index is 738. The average Bonchev–Trinajstić information content (AvgIpc) is 2.90. The molecule has 1 aromatic rings. The molecule has 0 aromatic heterocycles. The summed E-state index contributed by atoms with van der Waals surface area (Å²) in [4.78, 5) is 11.0. The topological polar surface area (TPSA) is 80.5 Å². The lowest BCUT2D eigenvalue weighted by atomic mass is 9.85. The van der Waals surface area contributed by atoms with E-state index < -0.39 is 38.5 Å². The van der Waals surface area contributed by atoms with Gasteiger partial charge >= 0.3 is 0 Å². The maximum atomic E-state index is 14.0. The van der Waals surface area contributed by atoms with Gasteiger partial charge in [0, 0.05) is 6.04 Å². The molecule has 8 heteroatoms. The van der Waals surface area contributed by atoms with Crippen molar-refractivity contribution in [2.24, 2.45) is 11.7 Å². The highest BCUT2D eigenvalue weighted by molar-refractivity contribution is 7.89. The number of benzene rings is 1. The molecule has 1 saturated carbocycles. The third kappa shape index (κ3) is 2.63. The van der Waals surface area contributed by atoms with E-state index in [2.05, 4.69) is 0 Å². The molecular weight excluding hydrogens is 326 g/mol. The highest BCUT2D eigenvalue weighted by atomic mass is 32.2. The van der Waals surface area contributed by atoms with E-state index in [9.17, 15) is 22.0 Å². The molecule has 1 saturated heterocycles. The number of halogens is 2. The molecular formula is C15H18F2N2O3S.